The van der Waals surface area contributed by atoms with Gasteiger partial charge in [-0.3, -0.25) is 24.5 Å². The largest absolute Gasteiger partial charge is 0.375 e. The summed E-state index contributed by atoms with van der Waals surface area (Å²) >= 11 is 0. The highest BCUT2D eigenvalue weighted by molar-refractivity contribution is 6.06. The van der Waals surface area contributed by atoms with Gasteiger partial charge in [0.25, 0.3) is 5.91 Å². The average molecular weight is 445 g/mol. The molecule has 4 amide bonds. The Bertz CT molecular complexity index is 935. The van der Waals surface area contributed by atoms with E-state index in [0.29, 0.717) is 29.8 Å². The van der Waals surface area contributed by atoms with Crippen molar-refractivity contribution in [2.45, 2.75) is 77.1 Å². The van der Waals surface area contributed by atoms with E-state index in [1.165, 1.54) is 4.90 Å². The highest BCUT2D eigenvalue weighted by Gasteiger charge is 2.40. The molecule has 32 heavy (non-hydrogen) atoms. The maximum atomic E-state index is 12.9. The van der Waals surface area contributed by atoms with E-state index in [2.05, 4.69) is 10.6 Å². The number of nitrogens with zero attached hydrogens (tertiary/aromatic N) is 1. The number of imide groups is 1. The lowest BCUT2D eigenvalue weighted by Gasteiger charge is -2.29. The minimum absolute atomic E-state index is 0.131. The van der Waals surface area contributed by atoms with Crippen molar-refractivity contribution in [2.24, 2.45) is 5.73 Å². The fraction of sp³-hybridized carbons (Fsp3) is 0.565. The van der Waals surface area contributed by atoms with Crippen LogP contribution in [-0.2, 0) is 25.7 Å². The van der Waals surface area contributed by atoms with Crippen LogP contribution in [0.3, 0.4) is 0 Å². The number of fused-ring (bicyclic) bond motifs is 1. The second-order valence-electron chi connectivity index (χ2n) is 9.80. The zero-order valence-corrected chi connectivity index (χ0v) is 19.1. The molecule has 0 radical (unpaired) electrons. The molecule has 9 heteroatoms. The molecular formula is C23H32N4O5. The lowest BCUT2D eigenvalue weighted by molar-refractivity contribution is -0.137. The van der Waals surface area contributed by atoms with Gasteiger partial charge >= 0.3 is 0 Å². The molecule has 0 bridgehead atoms. The quantitative estimate of drug-likeness (QED) is 0.523. The topological polar surface area (TPSA) is 131 Å². The van der Waals surface area contributed by atoms with Gasteiger partial charge in [-0.2, -0.15) is 0 Å². The summed E-state index contributed by atoms with van der Waals surface area (Å²) in [5.41, 5.74) is 6.61. The van der Waals surface area contributed by atoms with Gasteiger partial charge in [-0.1, -0.05) is 6.07 Å². The molecule has 1 atom stereocenters. The van der Waals surface area contributed by atoms with Gasteiger partial charge in [0.15, 0.2) is 0 Å². The van der Waals surface area contributed by atoms with Gasteiger partial charge in [0.2, 0.25) is 17.7 Å². The van der Waals surface area contributed by atoms with Gasteiger partial charge in [-0.05, 0) is 52.7 Å². The van der Waals surface area contributed by atoms with Crippen LogP contribution in [0.15, 0.2) is 18.2 Å². The number of hydrogen-bond acceptors (Lipinski definition) is 6. The summed E-state index contributed by atoms with van der Waals surface area (Å²) < 4.78 is 5.87. The zero-order chi connectivity index (χ0) is 23.7. The molecule has 0 aliphatic carbocycles. The fourth-order valence-electron chi connectivity index (χ4n) is 3.93. The highest BCUT2D eigenvalue weighted by Crippen LogP contribution is 2.32. The number of carbonyl (C=O) groups excluding carboxylic acids is 4. The minimum Gasteiger partial charge on any atom is -0.375 e. The summed E-state index contributed by atoms with van der Waals surface area (Å²) in [6, 6.07) is 4.42. The summed E-state index contributed by atoms with van der Waals surface area (Å²) in [4.78, 5) is 50.8. The van der Waals surface area contributed by atoms with Gasteiger partial charge in [-0.15, -0.1) is 0 Å². The second kappa shape index (κ2) is 8.99. The maximum absolute atomic E-state index is 12.9. The summed E-state index contributed by atoms with van der Waals surface area (Å²) in [5.74, 6) is -1.31. The highest BCUT2D eigenvalue weighted by atomic mass is 16.5. The first-order chi connectivity index (χ1) is 14.9. The Morgan fingerprint density at radius 2 is 1.97 bits per heavy atom. The minimum atomic E-state index is -0.699. The van der Waals surface area contributed by atoms with E-state index < -0.39 is 17.6 Å². The molecule has 1 unspecified atom stereocenters. The van der Waals surface area contributed by atoms with E-state index in [0.717, 1.165) is 0 Å². The molecule has 3 rings (SSSR count). The molecule has 174 valence electrons. The molecule has 0 aromatic heterocycles. The number of benzene rings is 1. The third-order valence-corrected chi connectivity index (χ3v) is 5.68. The van der Waals surface area contributed by atoms with Crippen LogP contribution in [0, 0.1) is 0 Å². The van der Waals surface area contributed by atoms with Crippen molar-refractivity contribution < 1.29 is 23.9 Å². The predicted molar refractivity (Wildman–Crippen MR) is 119 cm³/mol. The van der Waals surface area contributed by atoms with Gasteiger partial charge in [0.1, 0.15) is 6.04 Å². The van der Waals surface area contributed by atoms with Crippen molar-refractivity contribution in [3.8, 4) is 0 Å². The third-order valence-electron chi connectivity index (χ3n) is 5.68. The van der Waals surface area contributed by atoms with E-state index in [-0.39, 0.29) is 49.1 Å². The first-order valence-corrected chi connectivity index (χ1v) is 10.9. The number of nitrogens with one attached hydrogen (secondary N) is 2. The van der Waals surface area contributed by atoms with Crippen LogP contribution in [0.5, 0.6) is 0 Å². The third kappa shape index (κ3) is 5.72. The molecule has 1 fully saturated rings. The van der Waals surface area contributed by atoms with Gasteiger partial charge in [0.05, 0.1) is 12.0 Å². The lowest BCUT2D eigenvalue weighted by atomic mass is 10.0. The number of anilines is 1. The molecule has 2 heterocycles. The Kier molecular flexibility index (Phi) is 6.71. The van der Waals surface area contributed by atoms with Gasteiger partial charge < -0.3 is 20.7 Å². The molecule has 9 nitrogen and oxygen atoms in total. The Morgan fingerprint density at radius 1 is 1.25 bits per heavy atom. The Balaban J connectivity index is 1.65. The fourth-order valence-corrected chi connectivity index (χ4v) is 3.93. The average Bonchev–Trinajstić information content (AvgIpc) is 2.98. The number of piperidine rings is 1. The monoisotopic (exact) mass is 444 g/mol. The number of nitrogens with two attached hydrogens (primary N) is 1. The molecule has 2 aliphatic heterocycles. The van der Waals surface area contributed by atoms with E-state index in [1.54, 1.807) is 18.2 Å². The smallest absolute Gasteiger partial charge is 0.255 e. The van der Waals surface area contributed by atoms with Crippen LogP contribution in [-0.4, -0.2) is 52.3 Å². The number of carbonyl (C=O) groups is 4. The summed E-state index contributed by atoms with van der Waals surface area (Å²) in [5, 5.41) is 5.18. The predicted octanol–water partition coefficient (Wildman–Crippen LogP) is 1.70. The van der Waals surface area contributed by atoms with Crippen LogP contribution < -0.4 is 16.4 Å². The van der Waals surface area contributed by atoms with Gasteiger partial charge in [-0.25, -0.2) is 0 Å². The lowest BCUT2D eigenvalue weighted by Crippen LogP contribution is -2.52. The van der Waals surface area contributed by atoms with Crippen LogP contribution in [0.1, 0.15) is 69.3 Å². The number of rotatable bonds is 8. The van der Waals surface area contributed by atoms with Crippen LogP contribution in [0.4, 0.5) is 5.69 Å². The standard InChI is InChI=1S/C23H32N4O5/c1-22(2,24)10-11-32-23(3,4)12-19(29)25-16-7-5-6-14-15(16)13-27(21(14)31)17-8-9-18(28)26-20(17)30/h5-7,17H,8-13,24H2,1-4H3,(H,25,29)(H,26,28,30). The SMILES string of the molecule is CC(C)(N)CCOC(C)(C)CC(=O)Nc1cccc2c1CN(C1CCC(=O)NC1=O)C2=O. The zero-order valence-electron chi connectivity index (χ0n) is 19.1. The normalized spacial score (nSPS) is 19.1. The molecule has 1 saturated heterocycles. The second-order valence-corrected chi connectivity index (χ2v) is 9.80. The number of amides is 4. The Morgan fingerprint density at radius 3 is 2.62 bits per heavy atom. The van der Waals surface area contributed by atoms with Crippen molar-refractivity contribution in [1.29, 1.82) is 0 Å². The van der Waals surface area contributed by atoms with Crippen molar-refractivity contribution in [2.75, 3.05) is 11.9 Å². The number of ether oxygens (including phenoxy) is 1. The van der Waals surface area contributed by atoms with Gasteiger partial charge in [0, 0.05) is 41.9 Å². The molecule has 0 spiro atoms. The van der Waals surface area contributed by atoms with E-state index >= 15 is 0 Å². The Hall–Kier alpha value is -2.78. The van der Waals surface area contributed by atoms with E-state index in [4.69, 9.17) is 10.5 Å². The first kappa shape index (κ1) is 23.9. The van der Waals surface area contributed by atoms with Crippen molar-refractivity contribution >= 4 is 29.3 Å². The summed E-state index contributed by atoms with van der Waals surface area (Å²) in [6.07, 6.45) is 1.28. The maximum Gasteiger partial charge on any atom is 0.255 e. The molecule has 1 aromatic rings. The van der Waals surface area contributed by atoms with Crippen molar-refractivity contribution in [1.82, 2.24) is 10.2 Å². The summed E-state index contributed by atoms with van der Waals surface area (Å²) in [7, 11) is 0. The molecular weight excluding hydrogens is 412 g/mol. The number of hydrogen-bond donors (Lipinski definition) is 3. The van der Waals surface area contributed by atoms with Crippen LogP contribution in [0.2, 0.25) is 0 Å². The molecule has 4 N–H and O–H groups in total. The molecule has 0 saturated carbocycles. The molecule has 1 aromatic carbocycles. The van der Waals surface area contributed by atoms with Crippen molar-refractivity contribution in [3.05, 3.63) is 29.3 Å². The van der Waals surface area contributed by atoms with Crippen molar-refractivity contribution in [3.63, 3.8) is 0 Å². The first-order valence-electron chi connectivity index (χ1n) is 10.9. The summed E-state index contributed by atoms with van der Waals surface area (Å²) in [6.45, 7) is 8.18. The molecule has 2 aliphatic rings. The Labute approximate surface area is 188 Å². The van der Waals surface area contributed by atoms with Crippen LogP contribution in [0.25, 0.3) is 0 Å². The van der Waals surface area contributed by atoms with Crippen LogP contribution >= 0.6 is 0 Å². The van der Waals surface area contributed by atoms with E-state index in [9.17, 15) is 19.2 Å². The van der Waals surface area contributed by atoms with E-state index in [1.807, 2.05) is 27.7 Å².